The summed E-state index contributed by atoms with van der Waals surface area (Å²) in [4.78, 5) is 30.3. The number of H-pyrrole nitrogens is 1. The van der Waals surface area contributed by atoms with Gasteiger partial charge in [0.2, 0.25) is 5.91 Å². The van der Waals surface area contributed by atoms with Gasteiger partial charge in [-0.1, -0.05) is 36.4 Å². The molecular formula is C21H21N3O2S. The normalized spacial score (nSPS) is 16.6. The topological polar surface area (TPSA) is 65.2 Å². The molecule has 138 valence electrons. The van der Waals surface area contributed by atoms with Crippen molar-refractivity contribution < 1.29 is 9.59 Å². The predicted octanol–water partition coefficient (Wildman–Crippen LogP) is 3.04. The Kier molecular flexibility index (Phi) is 5.16. The molecule has 2 heterocycles. The number of hydrogen-bond donors (Lipinski definition) is 2. The Morgan fingerprint density at radius 1 is 1.11 bits per heavy atom. The highest BCUT2D eigenvalue weighted by molar-refractivity contribution is 7.99. The lowest BCUT2D eigenvalue weighted by Gasteiger charge is -2.23. The summed E-state index contributed by atoms with van der Waals surface area (Å²) < 4.78 is 0. The van der Waals surface area contributed by atoms with Gasteiger partial charge in [0.05, 0.1) is 5.88 Å². The maximum atomic E-state index is 12.7. The third kappa shape index (κ3) is 3.71. The molecule has 1 aliphatic heterocycles. The average molecular weight is 379 g/mol. The maximum absolute atomic E-state index is 12.7. The molecule has 5 nitrogen and oxygen atoms in total. The van der Waals surface area contributed by atoms with Gasteiger partial charge in [-0.15, -0.1) is 11.8 Å². The Morgan fingerprint density at radius 2 is 1.89 bits per heavy atom. The van der Waals surface area contributed by atoms with E-state index in [1.165, 1.54) is 10.9 Å². The highest BCUT2D eigenvalue weighted by Crippen LogP contribution is 2.23. The quantitative estimate of drug-likeness (QED) is 0.716. The summed E-state index contributed by atoms with van der Waals surface area (Å²) in [5.41, 5.74) is 2.91. The minimum atomic E-state index is -0.411. The molecule has 1 aromatic heterocycles. The summed E-state index contributed by atoms with van der Waals surface area (Å²) in [6.07, 6.45) is 2.75. The monoisotopic (exact) mass is 379 g/mol. The lowest BCUT2D eigenvalue weighted by molar-refractivity contribution is -0.124. The first-order valence-electron chi connectivity index (χ1n) is 9.00. The Bertz CT molecular complexity index is 954. The molecule has 27 heavy (non-hydrogen) atoms. The number of amides is 2. The third-order valence-electron chi connectivity index (χ3n) is 4.84. The number of nitrogens with zero attached hydrogens (tertiary/aromatic N) is 1. The van der Waals surface area contributed by atoms with E-state index in [2.05, 4.69) is 16.4 Å². The van der Waals surface area contributed by atoms with Crippen molar-refractivity contribution in [3.63, 3.8) is 0 Å². The SMILES string of the molecule is O=C(NCCc1c[nH]c2ccccc12)C1CSCN1C(=O)c1ccccc1. The lowest BCUT2D eigenvalue weighted by Crippen LogP contribution is -2.47. The summed E-state index contributed by atoms with van der Waals surface area (Å²) >= 11 is 1.61. The second-order valence-electron chi connectivity index (χ2n) is 6.56. The van der Waals surface area contributed by atoms with Crippen molar-refractivity contribution in [3.05, 3.63) is 71.9 Å². The summed E-state index contributed by atoms with van der Waals surface area (Å²) in [6, 6.07) is 16.9. The van der Waals surface area contributed by atoms with E-state index >= 15 is 0 Å². The van der Waals surface area contributed by atoms with Crippen molar-refractivity contribution in [2.24, 2.45) is 0 Å². The van der Waals surface area contributed by atoms with Gasteiger partial charge in [-0.3, -0.25) is 9.59 Å². The summed E-state index contributed by atoms with van der Waals surface area (Å²) in [5.74, 6) is 1.02. The third-order valence-corrected chi connectivity index (χ3v) is 5.85. The number of rotatable bonds is 5. The number of carbonyl (C=O) groups is 2. The minimum Gasteiger partial charge on any atom is -0.361 e. The zero-order valence-electron chi connectivity index (χ0n) is 14.9. The molecule has 4 rings (SSSR count). The molecule has 0 aliphatic carbocycles. The first-order chi connectivity index (χ1) is 13.2. The number of para-hydroxylation sites is 1. The molecule has 1 unspecified atom stereocenters. The smallest absolute Gasteiger partial charge is 0.255 e. The number of hydrogen-bond acceptors (Lipinski definition) is 3. The van der Waals surface area contributed by atoms with Gasteiger partial charge >= 0.3 is 0 Å². The number of thioether (sulfide) groups is 1. The second-order valence-corrected chi connectivity index (χ2v) is 7.56. The molecule has 0 bridgehead atoms. The van der Waals surface area contributed by atoms with Crippen molar-refractivity contribution in [2.45, 2.75) is 12.5 Å². The van der Waals surface area contributed by atoms with Gasteiger partial charge in [0.15, 0.2) is 0 Å². The van der Waals surface area contributed by atoms with Crippen LogP contribution in [-0.2, 0) is 11.2 Å². The first-order valence-corrected chi connectivity index (χ1v) is 10.2. The first kappa shape index (κ1) is 17.7. The van der Waals surface area contributed by atoms with Gasteiger partial charge in [0.25, 0.3) is 5.91 Å². The van der Waals surface area contributed by atoms with Crippen LogP contribution in [0.3, 0.4) is 0 Å². The van der Waals surface area contributed by atoms with Crippen LogP contribution in [0.15, 0.2) is 60.8 Å². The van der Waals surface area contributed by atoms with Crippen LogP contribution >= 0.6 is 11.8 Å². The fourth-order valence-electron chi connectivity index (χ4n) is 3.38. The molecule has 2 aromatic carbocycles. The van der Waals surface area contributed by atoms with Crippen LogP contribution in [-0.4, -0.2) is 45.9 Å². The largest absolute Gasteiger partial charge is 0.361 e. The van der Waals surface area contributed by atoms with Gasteiger partial charge in [-0.05, 0) is 30.2 Å². The maximum Gasteiger partial charge on any atom is 0.255 e. The minimum absolute atomic E-state index is 0.0795. The van der Waals surface area contributed by atoms with E-state index in [0.29, 0.717) is 23.7 Å². The Balaban J connectivity index is 1.37. The van der Waals surface area contributed by atoms with Crippen LogP contribution in [0.5, 0.6) is 0 Å². The van der Waals surface area contributed by atoms with E-state index in [9.17, 15) is 9.59 Å². The van der Waals surface area contributed by atoms with Crippen molar-refractivity contribution >= 4 is 34.5 Å². The molecule has 1 atom stereocenters. The van der Waals surface area contributed by atoms with Gasteiger partial charge in [0, 0.05) is 35.0 Å². The molecule has 6 heteroatoms. The van der Waals surface area contributed by atoms with Gasteiger partial charge in [-0.25, -0.2) is 0 Å². The summed E-state index contributed by atoms with van der Waals surface area (Å²) in [7, 11) is 0. The summed E-state index contributed by atoms with van der Waals surface area (Å²) in [6.45, 7) is 0.551. The summed E-state index contributed by atoms with van der Waals surface area (Å²) in [5, 5.41) is 4.19. The highest BCUT2D eigenvalue weighted by atomic mass is 32.2. The van der Waals surface area contributed by atoms with Gasteiger partial charge in [0.1, 0.15) is 6.04 Å². The lowest BCUT2D eigenvalue weighted by atomic mass is 10.1. The van der Waals surface area contributed by atoms with Crippen LogP contribution < -0.4 is 5.32 Å². The number of aromatic nitrogens is 1. The fraction of sp³-hybridized carbons (Fsp3) is 0.238. The molecule has 1 aliphatic rings. The predicted molar refractivity (Wildman–Crippen MR) is 109 cm³/mol. The second kappa shape index (κ2) is 7.88. The standard InChI is InChI=1S/C21H21N3O2S/c25-20(22-11-10-16-12-23-18-9-5-4-8-17(16)18)19-13-27-14-24(19)21(26)15-6-2-1-3-7-15/h1-9,12,19,23H,10-11,13-14H2,(H,22,25). The van der Waals surface area contributed by atoms with E-state index in [-0.39, 0.29) is 11.8 Å². The van der Waals surface area contributed by atoms with Crippen molar-refractivity contribution in [1.29, 1.82) is 0 Å². The Labute approximate surface area is 162 Å². The fourth-order valence-corrected chi connectivity index (χ4v) is 4.54. The zero-order valence-corrected chi connectivity index (χ0v) is 15.7. The number of aromatic amines is 1. The number of carbonyl (C=O) groups excluding carboxylic acids is 2. The molecule has 2 N–H and O–H groups in total. The Morgan fingerprint density at radius 3 is 2.74 bits per heavy atom. The number of nitrogens with one attached hydrogen (secondary N) is 2. The van der Waals surface area contributed by atoms with Gasteiger partial charge in [-0.2, -0.15) is 0 Å². The van der Waals surface area contributed by atoms with Crippen LogP contribution in [0.25, 0.3) is 10.9 Å². The van der Waals surface area contributed by atoms with Crippen LogP contribution in [0.2, 0.25) is 0 Å². The van der Waals surface area contributed by atoms with Crippen molar-refractivity contribution in [1.82, 2.24) is 15.2 Å². The van der Waals surface area contributed by atoms with Gasteiger partial charge < -0.3 is 15.2 Å². The van der Waals surface area contributed by atoms with Crippen LogP contribution in [0, 0.1) is 0 Å². The molecule has 0 saturated carbocycles. The molecule has 2 amide bonds. The van der Waals surface area contributed by atoms with E-state index in [1.54, 1.807) is 28.8 Å². The van der Waals surface area contributed by atoms with Crippen molar-refractivity contribution in [3.8, 4) is 0 Å². The van der Waals surface area contributed by atoms with E-state index in [1.807, 2.05) is 42.6 Å². The molecule has 0 spiro atoms. The Hall–Kier alpha value is -2.73. The molecule has 3 aromatic rings. The van der Waals surface area contributed by atoms with E-state index in [0.717, 1.165) is 11.9 Å². The molecular weight excluding hydrogens is 358 g/mol. The molecule has 1 saturated heterocycles. The number of benzene rings is 2. The average Bonchev–Trinajstić information content (AvgIpc) is 3.36. The van der Waals surface area contributed by atoms with E-state index < -0.39 is 6.04 Å². The van der Waals surface area contributed by atoms with Crippen LogP contribution in [0.1, 0.15) is 15.9 Å². The van der Waals surface area contributed by atoms with Crippen LogP contribution in [0.4, 0.5) is 0 Å². The number of fused-ring (bicyclic) bond motifs is 1. The molecule has 0 radical (unpaired) electrons. The van der Waals surface area contributed by atoms with E-state index in [4.69, 9.17) is 0 Å². The zero-order chi connectivity index (χ0) is 18.6. The molecule has 1 fully saturated rings. The highest BCUT2D eigenvalue weighted by Gasteiger charge is 2.34. The van der Waals surface area contributed by atoms with Crippen molar-refractivity contribution in [2.75, 3.05) is 18.2 Å².